The van der Waals surface area contributed by atoms with Crippen molar-refractivity contribution in [2.24, 2.45) is 0 Å². The van der Waals surface area contributed by atoms with Crippen LogP contribution in [0.5, 0.6) is 0 Å². The van der Waals surface area contributed by atoms with Crippen LogP contribution in [0.4, 0.5) is 5.69 Å². The van der Waals surface area contributed by atoms with E-state index in [0.717, 1.165) is 22.4 Å². The van der Waals surface area contributed by atoms with Crippen LogP contribution in [0.2, 0.25) is 0 Å². The molecule has 1 saturated heterocycles. The molecule has 4 atom stereocenters. The van der Waals surface area contributed by atoms with Crippen molar-refractivity contribution >= 4 is 29.3 Å². The number of esters is 1. The third-order valence-corrected chi connectivity index (χ3v) is 7.08. The first kappa shape index (κ1) is 26.9. The van der Waals surface area contributed by atoms with E-state index in [0.29, 0.717) is 12.1 Å². The molecule has 1 aliphatic rings. The SMILES string of the molecule is CC(=O)O[C@@H](C)C(=O)Nc1cccc([C@H]2O[C@@H](CSc3ccccc3)C[C@@H](c3ccc(CO)cc3)O2)c1. The minimum atomic E-state index is -0.908. The van der Waals surface area contributed by atoms with Gasteiger partial charge in [0.1, 0.15) is 0 Å². The topological polar surface area (TPSA) is 94.1 Å². The molecule has 3 aromatic carbocycles. The Balaban J connectivity index is 1.51. The number of nitrogens with one attached hydrogen (secondary N) is 1. The van der Waals surface area contributed by atoms with Gasteiger partial charge in [-0.1, -0.05) is 54.6 Å². The summed E-state index contributed by atoms with van der Waals surface area (Å²) in [5, 5.41) is 12.2. The van der Waals surface area contributed by atoms with E-state index in [9.17, 15) is 14.7 Å². The van der Waals surface area contributed by atoms with Gasteiger partial charge in [0.2, 0.25) is 0 Å². The molecule has 37 heavy (non-hydrogen) atoms. The highest BCUT2D eigenvalue weighted by Crippen LogP contribution is 2.39. The number of benzene rings is 3. The summed E-state index contributed by atoms with van der Waals surface area (Å²) in [6.45, 7) is 2.78. The summed E-state index contributed by atoms with van der Waals surface area (Å²) in [5.41, 5.74) is 3.18. The largest absolute Gasteiger partial charge is 0.453 e. The van der Waals surface area contributed by atoms with Gasteiger partial charge in [0.25, 0.3) is 5.91 Å². The van der Waals surface area contributed by atoms with Gasteiger partial charge in [0.15, 0.2) is 12.4 Å². The van der Waals surface area contributed by atoms with Crippen LogP contribution in [-0.4, -0.2) is 34.9 Å². The molecule has 0 aliphatic carbocycles. The number of hydrogen-bond donors (Lipinski definition) is 2. The van der Waals surface area contributed by atoms with Crippen molar-refractivity contribution in [1.82, 2.24) is 0 Å². The lowest BCUT2D eigenvalue weighted by atomic mass is 10.0. The highest BCUT2D eigenvalue weighted by molar-refractivity contribution is 7.99. The van der Waals surface area contributed by atoms with E-state index in [1.54, 1.807) is 17.8 Å². The van der Waals surface area contributed by atoms with Gasteiger partial charge in [-0.3, -0.25) is 9.59 Å². The number of rotatable bonds is 9. The van der Waals surface area contributed by atoms with E-state index in [-0.39, 0.29) is 18.8 Å². The average Bonchev–Trinajstić information content (AvgIpc) is 2.92. The second kappa shape index (κ2) is 12.9. The van der Waals surface area contributed by atoms with E-state index in [4.69, 9.17) is 14.2 Å². The maximum atomic E-state index is 12.4. The van der Waals surface area contributed by atoms with Gasteiger partial charge in [-0.2, -0.15) is 0 Å². The van der Waals surface area contributed by atoms with Crippen LogP contribution in [0, 0.1) is 0 Å². The molecular formula is C29H31NO6S. The third-order valence-electron chi connectivity index (χ3n) is 5.93. The Labute approximate surface area is 221 Å². The molecule has 4 rings (SSSR count). The lowest BCUT2D eigenvalue weighted by molar-refractivity contribution is -0.245. The van der Waals surface area contributed by atoms with Crippen molar-refractivity contribution in [3.63, 3.8) is 0 Å². The maximum Gasteiger partial charge on any atom is 0.303 e. The summed E-state index contributed by atoms with van der Waals surface area (Å²) in [5.74, 6) is -0.180. The fourth-order valence-electron chi connectivity index (χ4n) is 4.04. The summed E-state index contributed by atoms with van der Waals surface area (Å²) in [6.07, 6.45) is -1.14. The number of aliphatic hydroxyl groups is 1. The zero-order valence-corrected chi connectivity index (χ0v) is 21.6. The van der Waals surface area contributed by atoms with E-state index >= 15 is 0 Å². The second-order valence-corrected chi connectivity index (χ2v) is 9.93. The molecule has 0 aromatic heterocycles. The van der Waals surface area contributed by atoms with E-state index in [1.165, 1.54) is 18.7 Å². The molecule has 0 bridgehead atoms. The first-order chi connectivity index (χ1) is 17.9. The predicted octanol–water partition coefficient (Wildman–Crippen LogP) is 5.41. The molecule has 1 aliphatic heterocycles. The number of anilines is 1. The van der Waals surface area contributed by atoms with Gasteiger partial charge in [-0.25, -0.2) is 0 Å². The Morgan fingerprint density at radius 1 is 1.03 bits per heavy atom. The Morgan fingerprint density at radius 3 is 2.49 bits per heavy atom. The number of thioether (sulfide) groups is 1. The monoisotopic (exact) mass is 521 g/mol. The minimum Gasteiger partial charge on any atom is -0.453 e. The van der Waals surface area contributed by atoms with Crippen LogP contribution in [0.1, 0.15) is 49.4 Å². The molecule has 0 spiro atoms. The number of carbonyl (C=O) groups is 2. The molecule has 1 amide bonds. The van der Waals surface area contributed by atoms with Crippen molar-refractivity contribution in [3.05, 3.63) is 95.6 Å². The Kier molecular flexibility index (Phi) is 9.35. The van der Waals surface area contributed by atoms with Crippen molar-refractivity contribution in [2.75, 3.05) is 11.1 Å². The molecule has 1 fully saturated rings. The molecule has 0 saturated carbocycles. The van der Waals surface area contributed by atoms with Gasteiger partial charge in [-0.05, 0) is 42.3 Å². The smallest absolute Gasteiger partial charge is 0.303 e. The molecule has 8 heteroatoms. The third kappa shape index (κ3) is 7.66. The fraction of sp³-hybridized carbons (Fsp3) is 0.310. The van der Waals surface area contributed by atoms with Crippen molar-refractivity contribution in [3.8, 4) is 0 Å². The van der Waals surface area contributed by atoms with Crippen LogP contribution < -0.4 is 5.32 Å². The summed E-state index contributed by atoms with van der Waals surface area (Å²) >= 11 is 1.73. The van der Waals surface area contributed by atoms with Gasteiger partial charge < -0.3 is 24.6 Å². The number of hydrogen-bond acceptors (Lipinski definition) is 7. The first-order valence-electron chi connectivity index (χ1n) is 12.2. The molecule has 194 valence electrons. The predicted molar refractivity (Wildman–Crippen MR) is 142 cm³/mol. The summed E-state index contributed by atoms with van der Waals surface area (Å²) in [4.78, 5) is 24.8. The molecule has 7 nitrogen and oxygen atoms in total. The zero-order valence-electron chi connectivity index (χ0n) is 20.8. The highest BCUT2D eigenvalue weighted by Gasteiger charge is 2.32. The van der Waals surface area contributed by atoms with Crippen molar-refractivity contribution in [1.29, 1.82) is 0 Å². The molecule has 1 heterocycles. The number of amides is 1. The molecule has 0 radical (unpaired) electrons. The van der Waals surface area contributed by atoms with Crippen LogP contribution in [0.3, 0.4) is 0 Å². The Hall–Kier alpha value is -3.17. The fourth-order valence-corrected chi connectivity index (χ4v) is 4.98. The second-order valence-electron chi connectivity index (χ2n) is 8.84. The molecule has 0 unspecified atom stereocenters. The summed E-state index contributed by atoms with van der Waals surface area (Å²) in [6, 6.07) is 25.2. The van der Waals surface area contributed by atoms with Crippen LogP contribution in [-0.2, 0) is 30.4 Å². The van der Waals surface area contributed by atoms with E-state index in [2.05, 4.69) is 17.4 Å². The number of aliphatic hydroxyl groups excluding tert-OH is 1. The Morgan fingerprint density at radius 2 is 1.78 bits per heavy atom. The van der Waals surface area contributed by atoms with Crippen LogP contribution in [0.25, 0.3) is 0 Å². The quantitative estimate of drug-likeness (QED) is 0.287. The standard InChI is InChI=1S/C29H31NO6S/c1-19(34-20(2)32)28(33)30-24-8-6-7-23(15-24)29-35-25(18-37-26-9-4-3-5-10-26)16-27(36-29)22-13-11-21(17-31)12-14-22/h3-15,19,25,27,29,31H,16-18H2,1-2H3,(H,30,33)/t19-,25+,27-,29-/m0/s1. The summed E-state index contributed by atoms with van der Waals surface area (Å²) < 4.78 is 17.8. The summed E-state index contributed by atoms with van der Waals surface area (Å²) in [7, 11) is 0. The van der Waals surface area contributed by atoms with Gasteiger partial charge in [0, 0.05) is 35.2 Å². The molecule has 2 N–H and O–H groups in total. The number of ether oxygens (including phenoxy) is 3. The minimum absolute atomic E-state index is 0.0114. The van der Waals surface area contributed by atoms with Gasteiger partial charge in [0.05, 0.1) is 18.8 Å². The lowest BCUT2D eigenvalue weighted by Gasteiger charge is -2.36. The number of carbonyl (C=O) groups excluding carboxylic acids is 2. The van der Waals surface area contributed by atoms with E-state index in [1.807, 2.05) is 60.7 Å². The lowest BCUT2D eigenvalue weighted by Crippen LogP contribution is -2.31. The van der Waals surface area contributed by atoms with Crippen molar-refractivity contribution < 1.29 is 28.9 Å². The average molecular weight is 522 g/mol. The Bertz CT molecular complexity index is 1190. The maximum absolute atomic E-state index is 12.4. The highest BCUT2D eigenvalue weighted by atomic mass is 32.2. The van der Waals surface area contributed by atoms with Crippen LogP contribution >= 0.6 is 11.8 Å². The van der Waals surface area contributed by atoms with Crippen LogP contribution in [0.15, 0.2) is 83.8 Å². The first-order valence-corrected chi connectivity index (χ1v) is 13.2. The van der Waals surface area contributed by atoms with Crippen molar-refractivity contribution in [2.45, 2.75) is 56.4 Å². The molecular weight excluding hydrogens is 490 g/mol. The van der Waals surface area contributed by atoms with Gasteiger partial charge in [-0.15, -0.1) is 11.8 Å². The van der Waals surface area contributed by atoms with Gasteiger partial charge >= 0.3 is 5.97 Å². The van der Waals surface area contributed by atoms with E-state index < -0.39 is 24.3 Å². The molecule has 3 aromatic rings. The normalized spacial score (nSPS) is 20.1. The zero-order chi connectivity index (χ0) is 26.2.